The van der Waals surface area contributed by atoms with Gasteiger partial charge in [0.05, 0.1) is 12.2 Å². The number of piperidine rings is 1. The molecule has 0 bridgehead atoms. The molecule has 0 radical (unpaired) electrons. The Hall–Kier alpha value is -0.850. The number of hydrogen-bond donors (Lipinski definition) is 2. The van der Waals surface area contributed by atoms with Crippen molar-refractivity contribution in [3.63, 3.8) is 0 Å². The molecule has 2 amide bonds. The van der Waals surface area contributed by atoms with Gasteiger partial charge in [-0.25, -0.2) is 4.79 Å². The van der Waals surface area contributed by atoms with Gasteiger partial charge >= 0.3 is 6.03 Å². The second-order valence-corrected chi connectivity index (χ2v) is 7.77. The van der Waals surface area contributed by atoms with Gasteiger partial charge in [-0.05, 0) is 46.5 Å². The van der Waals surface area contributed by atoms with Crippen LogP contribution < -0.4 is 5.32 Å². The number of amides is 2. The van der Waals surface area contributed by atoms with Gasteiger partial charge in [-0.1, -0.05) is 0 Å². The maximum absolute atomic E-state index is 12.4. The number of rotatable bonds is 4. The number of carbonyl (C=O) groups is 1. The molecule has 2 N–H and O–H groups in total. The molecule has 3 atom stereocenters. The Morgan fingerprint density at radius 2 is 1.91 bits per heavy atom. The van der Waals surface area contributed by atoms with Crippen LogP contribution in [0.2, 0.25) is 0 Å². The summed E-state index contributed by atoms with van der Waals surface area (Å²) >= 11 is 0. The number of nitrogens with zero attached hydrogens (tertiary/aromatic N) is 2. The van der Waals surface area contributed by atoms with Crippen molar-refractivity contribution in [2.75, 3.05) is 39.3 Å². The van der Waals surface area contributed by atoms with E-state index in [9.17, 15) is 9.90 Å². The Kier molecular flexibility index (Phi) is 6.28. The number of morpholine rings is 1. The molecule has 2 fully saturated rings. The Morgan fingerprint density at radius 1 is 1.26 bits per heavy atom. The van der Waals surface area contributed by atoms with E-state index in [1.54, 1.807) is 0 Å². The fourth-order valence-electron chi connectivity index (χ4n) is 3.59. The summed E-state index contributed by atoms with van der Waals surface area (Å²) in [4.78, 5) is 16.6. The molecule has 0 aromatic carbocycles. The van der Waals surface area contributed by atoms with E-state index < -0.39 is 0 Å². The van der Waals surface area contributed by atoms with Crippen molar-refractivity contribution in [3.05, 3.63) is 0 Å². The standard InChI is InChI=1S/C17H33N3O3/c1-13-8-20(9-14(2)23-13)17(3,4)12-18-16(22)19-7-5-6-15(10-19)11-21/h13-15,21H,5-12H2,1-4H3,(H,18,22). The van der Waals surface area contributed by atoms with Gasteiger partial charge in [0, 0.05) is 44.9 Å². The molecule has 2 saturated heterocycles. The molecule has 6 heteroatoms. The van der Waals surface area contributed by atoms with E-state index >= 15 is 0 Å². The van der Waals surface area contributed by atoms with E-state index in [0.717, 1.165) is 32.5 Å². The minimum atomic E-state index is -0.103. The second-order valence-electron chi connectivity index (χ2n) is 7.77. The zero-order valence-electron chi connectivity index (χ0n) is 15.0. The lowest BCUT2D eigenvalue weighted by Gasteiger charge is -2.45. The first-order valence-corrected chi connectivity index (χ1v) is 8.86. The summed E-state index contributed by atoms with van der Waals surface area (Å²) < 4.78 is 5.80. The van der Waals surface area contributed by atoms with E-state index in [1.165, 1.54) is 0 Å². The Morgan fingerprint density at radius 3 is 2.52 bits per heavy atom. The molecule has 0 aromatic rings. The van der Waals surface area contributed by atoms with Crippen LogP contribution in [0.1, 0.15) is 40.5 Å². The predicted molar refractivity (Wildman–Crippen MR) is 90.4 cm³/mol. The van der Waals surface area contributed by atoms with Crippen LogP contribution in [0.5, 0.6) is 0 Å². The average molecular weight is 327 g/mol. The normalized spacial score (nSPS) is 30.3. The summed E-state index contributed by atoms with van der Waals surface area (Å²) in [6.45, 7) is 12.6. The molecular weight excluding hydrogens is 294 g/mol. The van der Waals surface area contributed by atoms with E-state index in [1.807, 2.05) is 4.90 Å². The van der Waals surface area contributed by atoms with Crippen LogP contribution in [-0.2, 0) is 4.74 Å². The Bertz CT molecular complexity index is 393. The quantitative estimate of drug-likeness (QED) is 0.817. The smallest absolute Gasteiger partial charge is 0.317 e. The summed E-state index contributed by atoms with van der Waals surface area (Å²) in [5.74, 6) is 0.225. The lowest BCUT2D eigenvalue weighted by molar-refractivity contribution is -0.0948. The first kappa shape index (κ1) is 18.5. The van der Waals surface area contributed by atoms with E-state index in [-0.39, 0.29) is 36.3 Å². The van der Waals surface area contributed by atoms with Crippen LogP contribution in [-0.4, -0.2) is 78.0 Å². The maximum Gasteiger partial charge on any atom is 0.317 e. The predicted octanol–water partition coefficient (Wildman–Crippen LogP) is 1.29. The number of hydrogen-bond acceptors (Lipinski definition) is 4. The molecule has 23 heavy (non-hydrogen) atoms. The molecule has 2 rings (SSSR count). The van der Waals surface area contributed by atoms with Crippen LogP contribution in [0.4, 0.5) is 4.79 Å². The second kappa shape index (κ2) is 7.81. The molecular formula is C17H33N3O3. The highest BCUT2D eigenvalue weighted by Gasteiger charge is 2.34. The first-order valence-electron chi connectivity index (χ1n) is 8.86. The molecule has 0 aromatic heterocycles. The Labute approximate surface area is 140 Å². The van der Waals surface area contributed by atoms with Crippen LogP contribution in [0.15, 0.2) is 0 Å². The molecule has 0 spiro atoms. The van der Waals surface area contributed by atoms with Gasteiger partial charge < -0.3 is 20.1 Å². The third-order valence-electron chi connectivity index (χ3n) is 5.01. The maximum atomic E-state index is 12.4. The molecule has 134 valence electrons. The topological polar surface area (TPSA) is 65.0 Å². The molecule has 2 aliphatic rings. The van der Waals surface area contributed by atoms with Crippen LogP contribution >= 0.6 is 0 Å². The number of aliphatic hydroxyl groups excluding tert-OH is 1. The number of ether oxygens (including phenoxy) is 1. The van der Waals surface area contributed by atoms with E-state index in [2.05, 4.69) is 37.9 Å². The van der Waals surface area contributed by atoms with Gasteiger partial charge in [-0.2, -0.15) is 0 Å². The Balaban J connectivity index is 1.84. The molecule has 6 nitrogen and oxygen atoms in total. The SMILES string of the molecule is CC1CN(C(C)(C)CNC(=O)N2CCCC(CO)C2)CC(C)O1. The van der Waals surface area contributed by atoms with Crippen LogP contribution in [0.25, 0.3) is 0 Å². The third-order valence-corrected chi connectivity index (χ3v) is 5.01. The number of urea groups is 1. The van der Waals surface area contributed by atoms with Crippen LogP contribution in [0, 0.1) is 5.92 Å². The lowest BCUT2D eigenvalue weighted by Crippen LogP contribution is -2.59. The van der Waals surface area contributed by atoms with Crippen molar-refractivity contribution in [2.24, 2.45) is 5.92 Å². The van der Waals surface area contributed by atoms with Gasteiger partial charge in [0.25, 0.3) is 0 Å². The molecule has 0 aliphatic carbocycles. The number of carbonyl (C=O) groups excluding carboxylic acids is 1. The minimum absolute atomic E-state index is 0.00872. The van der Waals surface area contributed by atoms with Crippen molar-refractivity contribution in [3.8, 4) is 0 Å². The zero-order valence-corrected chi connectivity index (χ0v) is 15.0. The lowest BCUT2D eigenvalue weighted by atomic mass is 9.99. The zero-order chi connectivity index (χ0) is 17.0. The highest BCUT2D eigenvalue weighted by Crippen LogP contribution is 2.21. The highest BCUT2D eigenvalue weighted by atomic mass is 16.5. The molecule has 0 saturated carbocycles. The first-order chi connectivity index (χ1) is 10.8. The van der Waals surface area contributed by atoms with Gasteiger partial charge in [0.1, 0.15) is 0 Å². The van der Waals surface area contributed by atoms with Gasteiger partial charge in [0.15, 0.2) is 0 Å². The number of likely N-dealkylation sites (tertiary alicyclic amines) is 1. The summed E-state index contributed by atoms with van der Waals surface area (Å²) in [6, 6.07) is -0.00872. The number of nitrogens with one attached hydrogen (secondary N) is 1. The molecule has 2 heterocycles. The fraction of sp³-hybridized carbons (Fsp3) is 0.941. The monoisotopic (exact) mass is 327 g/mol. The van der Waals surface area contributed by atoms with Crippen molar-refractivity contribution in [2.45, 2.75) is 58.3 Å². The van der Waals surface area contributed by atoms with Gasteiger partial charge in [0.2, 0.25) is 0 Å². The summed E-state index contributed by atoms with van der Waals surface area (Å²) in [7, 11) is 0. The minimum Gasteiger partial charge on any atom is -0.396 e. The third kappa shape index (κ3) is 5.06. The van der Waals surface area contributed by atoms with Crippen LogP contribution in [0.3, 0.4) is 0 Å². The van der Waals surface area contributed by atoms with Crippen molar-refractivity contribution < 1.29 is 14.6 Å². The van der Waals surface area contributed by atoms with Gasteiger partial charge in [-0.3, -0.25) is 4.90 Å². The summed E-state index contributed by atoms with van der Waals surface area (Å²) in [5.41, 5.74) is -0.103. The van der Waals surface area contributed by atoms with Crippen molar-refractivity contribution in [1.82, 2.24) is 15.1 Å². The molecule has 2 aliphatic heterocycles. The number of aliphatic hydroxyl groups is 1. The van der Waals surface area contributed by atoms with E-state index in [4.69, 9.17) is 4.74 Å². The fourth-order valence-corrected chi connectivity index (χ4v) is 3.59. The summed E-state index contributed by atoms with van der Waals surface area (Å²) in [5, 5.41) is 12.4. The van der Waals surface area contributed by atoms with Gasteiger partial charge in [-0.15, -0.1) is 0 Å². The van der Waals surface area contributed by atoms with E-state index in [0.29, 0.717) is 13.1 Å². The largest absolute Gasteiger partial charge is 0.396 e. The highest BCUT2D eigenvalue weighted by molar-refractivity contribution is 5.74. The van der Waals surface area contributed by atoms with Crippen molar-refractivity contribution in [1.29, 1.82) is 0 Å². The van der Waals surface area contributed by atoms with Crippen molar-refractivity contribution >= 4 is 6.03 Å². The molecule has 3 unspecified atom stereocenters. The summed E-state index contributed by atoms with van der Waals surface area (Å²) in [6.07, 6.45) is 2.43. The average Bonchev–Trinajstić information content (AvgIpc) is 2.52.